The smallest absolute Gasteiger partial charge is 0.119 e. The van der Waals surface area contributed by atoms with Crippen LogP contribution in [-0.2, 0) is 5.41 Å². The summed E-state index contributed by atoms with van der Waals surface area (Å²) in [6.45, 7) is 10.8. The molecule has 0 aliphatic heterocycles. The molecule has 0 amide bonds. The fourth-order valence-corrected chi connectivity index (χ4v) is 3.10. The van der Waals surface area contributed by atoms with Crippen LogP contribution in [0, 0.1) is 5.92 Å². The highest BCUT2D eigenvalue weighted by molar-refractivity contribution is 5.32. The number of hydrogen-bond donors (Lipinski definition) is 1. The highest BCUT2D eigenvalue weighted by Gasteiger charge is 2.18. The van der Waals surface area contributed by atoms with E-state index in [0.29, 0.717) is 6.04 Å². The molecule has 2 nitrogen and oxygen atoms in total. The molecule has 2 heteroatoms. The molecule has 1 fully saturated rings. The van der Waals surface area contributed by atoms with Crippen LogP contribution in [0.1, 0.15) is 58.9 Å². The highest BCUT2D eigenvalue weighted by atomic mass is 16.5. The van der Waals surface area contributed by atoms with Crippen molar-refractivity contribution in [1.82, 2.24) is 5.32 Å². The first-order valence-corrected chi connectivity index (χ1v) is 8.42. The molecular formula is C19H31NO. The molecule has 0 radical (unpaired) electrons. The van der Waals surface area contributed by atoms with Crippen LogP contribution in [0.15, 0.2) is 24.3 Å². The van der Waals surface area contributed by atoms with E-state index in [0.717, 1.165) is 24.8 Å². The number of nitrogens with one attached hydrogen (secondary N) is 1. The Bertz CT molecular complexity index is 435. The summed E-state index contributed by atoms with van der Waals surface area (Å²) in [5.41, 5.74) is 1.50. The molecule has 0 bridgehead atoms. The molecule has 0 spiro atoms. The van der Waals surface area contributed by atoms with Crippen molar-refractivity contribution < 1.29 is 4.74 Å². The van der Waals surface area contributed by atoms with E-state index < -0.39 is 0 Å². The first-order valence-electron chi connectivity index (χ1n) is 8.42. The third-order valence-corrected chi connectivity index (χ3v) is 4.44. The van der Waals surface area contributed by atoms with Gasteiger partial charge in [0.2, 0.25) is 0 Å². The van der Waals surface area contributed by atoms with Gasteiger partial charge >= 0.3 is 0 Å². The molecule has 1 aliphatic carbocycles. The van der Waals surface area contributed by atoms with Gasteiger partial charge in [-0.25, -0.2) is 0 Å². The molecule has 1 aromatic rings. The Labute approximate surface area is 130 Å². The van der Waals surface area contributed by atoms with Crippen molar-refractivity contribution in [2.75, 3.05) is 13.2 Å². The third-order valence-electron chi connectivity index (χ3n) is 4.44. The maximum Gasteiger partial charge on any atom is 0.119 e. The molecule has 1 N–H and O–H groups in total. The Morgan fingerprint density at radius 1 is 1.24 bits per heavy atom. The number of rotatable bonds is 5. The fraction of sp³-hybridized carbons (Fsp3) is 0.684. The van der Waals surface area contributed by atoms with E-state index >= 15 is 0 Å². The van der Waals surface area contributed by atoms with Crippen molar-refractivity contribution in [3.05, 3.63) is 29.8 Å². The van der Waals surface area contributed by atoms with Crippen LogP contribution in [0.3, 0.4) is 0 Å². The molecular weight excluding hydrogens is 258 g/mol. The van der Waals surface area contributed by atoms with Crippen molar-refractivity contribution in [2.45, 2.75) is 64.8 Å². The Morgan fingerprint density at radius 3 is 2.76 bits per heavy atom. The lowest BCUT2D eigenvalue weighted by atomic mass is 9.87. The van der Waals surface area contributed by atoms with Crippen LogP contribution in [0.4, 0.5) is 0 Å². The van der Waals surface area contributed by atoms with E-state index in [-0.39, 0.29) is 5.41 Å². The molecule has 21 heavy (non-hydrogen) atoms. The van der Waals surface area contributed by atoms with Gasteiger partial charge in [0.15, 0.2) is 0 Å². The predicted octanol–water partition coefficient (Wildman–Crippen LogP) is 4.53. The topological polar surface area (TPSA) is 21.3 Å². The van der Waals surface area contributed by atoms with E-state index in [9.17, 15) is 0 Å². The van der Waals surface area contributed by atoms with Gasteiger partial charge in [0.25, 0.3) is 0 Å². The summed E-state index contributed by atoms with van der Waals surface area (Å²) in [6.07, 6.45) is 5.41. The zero-order valence-electron chi connectivity index (χ0n) is 14.1. The maximum absolute atomic E-state index is 5.90. The number of ether oxygens (including phenoxy) is 1. The van der Waals surface area contributed by atoms with E-state index in [4.69, 9.17) is 4.74 Å². The van der Waals surface area contributed by atoms with E-state index in [1.165, 1.54) is 31.2 Å². The maximum atomic E-state index is 5.90. The molecule has 1 aromatic carbocycles. The summed E-state index contributed by atoms with van der Waals surface area (Å²) in [5, 5.41) is 3.64. The van der Waals surface area contributed by atoms with Crippen LogP contribution in [-0.4, -0.2) is 19.2 Å². The third kappa shape index (κ3) is 5.35. The normalized spacial score (nSPS) is 23.0. The second kappa shape index (κ2) is 7.31. The van der Waals surface area contributed by atoms with Gasteiger partial charge in [-0.1, -0.05) is 52.7 Å². The quantitative estimate of drug-likeness (QED) is 0.804. The van der Waals surface area contributed by atoms with Crippen molar-refractivity contribution in [2.24, 2.45) is 5.92 Å². The molecule has 1 saturated carbocycles. The lowest BCUT2D eigenvalue weighted by Gasteiger charge is -2.27. The van der Waals surface area contributed by atoms with Gasteiger partial charge in [0, 0.05) is 12.6 Å². The van der Waals surface area contributed by atoms with Crippen molar-refractivity contribution in [3.63, 3.8) is 0 Å². The molecule has 118 valence electrons. The largest absolute Gasteiger partial charge is 0.492 e. The van der Waals surface area contributed by atoms with Gasteiger partial charge in [0.05, 0.1) is 0 Å². The zero-order valence-corrected chi connectivity index (χ0v) is 14.1. The van der Waals surface area contributed by atoms with Gasteiger partial charge in [0.1, 0.15) is 12.4 Å². The molecule has 0 saturated heterocycles. The molecule has 2 unspecified atom stereocenters. The summed E-state index contributed by atoms with van der Waals surface area (Å²) < 4.78 is 5.90. The van der Waals surface area contributed by atoms with Gasteiger partial charge in [-0.3, -0.25) is 0 Å². The lowest BCUT2D eigenvalue weighted by Crippen LogP contribution is -2.36. The Kier molecular flexibility index (Phi) is 5.69. The van der Waals surface area contributed by atoms with Gasteiger partial charge in [-0.05, 0) is 41.9 Å². The number of benzene rings is 1. The highest BCUT2D eigenvalue weighted by Crippen LogP contribution is 2.26. The van der Waals surface area contributed by atoms with Crippen molar-refractivity contribution in [3.8, 4) is 5.75 Å². The Hall–Kier alpha value is -1.02. The molecule has 1 aliphatic rings. The SMILES string of the molecule is CC1CCCC(NCCOc2cccc(C(C)(C)C)c2)C1. The molecule has 2 rings (SSSR count). The minimum absolute atomic E-state index is 0.176. The van der Waals surface area contributed by atoms with Crippen LogP contribution in [0.25, 0.3) is 0 Å². The summed E-state index contributed by atoms with van der Waals surface area (Å²) >= 11 is 0. The van der Waals surface area contributed by atoms with Gasteiger partial charge < -0.3 is 10.1 Å². The van der Waals surface area contributed by atoms with Crippen LogP contribution < -0.4 is 10.1 Å². The van der Waals surface area contributed by atoms with Crippen LogP contribution >= 0.6 is 0 Å². The van der Waals surface area contributed by atoms with Gasteiger partial charge in [-0.15, -0.1) is 0 Å². The molecule has 0 aromatic heterocycles. The summed E-state index contributed by atoms with van der Waals surface area (Å²) in [4.78, 5) is 0. The second-order valence-electron chi connectivity index (χ2n) is 7.55. The first-order chi connectivity index (χ1) is 9.95. The number of hydrogen-bond acceptors (Lipinski definition) is 2. The summed E-state index contributed by atoms with van der Waals surface area (Å²) in [5.74, 6) is 1.86. The average Bonchev–Trinajstić information content (AvgIpc) is 2.43. The summed E-state index contributed by atoms with van der Waals surface area (Å²) in [6, 6.07) is 9.18. The Morgan fingerprint density at radius 2 is 2.05 bits per heavy atom. The lowest BCUT2D eigenvalue weighted by molar-refractivity contribution is 0.266. The predicted molar refractivity (Wildman–Crippen MR) is 90.1 cm³/mol. The minimum Gasteiger partial charge on any atom is -0.492 e. The molecule has 2 atom stereocenters. The minimum atomic E-state index is 0.176. The monoisotopic (exact) mass is 289 g/mol. The summed E-state index contributed by atoms with van der Waals surface area (Å²) in [7, 11) is 0. The van der Waals surface area contributed by atoms with E-state index in [1.54, 1.807) is 0 Å². The van der Waals surface area contributed by atoms with Gasteiger partial charge in [-0.2, -0.15) is 0 Å². The van der Waals surface area contributed by atoms with E-state index in [2.05, 4.69) is 57.3 Å². The first kappa shape index (κ1) is 16.4. The average molecular weight is 289 g/mol. The Balaban J connectivity index is 1.73. The zero-order chi connectivity index (χ0) is 15.3. The fourth-order valence-electron chi connectivity index (χ4n) is 3.10. The van der Waals surface area contributed by atoms with E-state index in [1.807, 2.05) is 0 Å². The molecule has 0 heterocycles. The van der Waals surface area contributed by atoms with Crippen molar-refractivity contribution in [1.29, 1.82) is 0 Å². The van der Waals surface area contributed by atoms with Crippen LogP contribution in [0.2, 0.25) is 0 Å². The second-order valence-corrected chi connectivity index (χ2v) is 7.55. The standard InChI is InChI=1S/C19H31NO/c1-15-7-5-9-17(13-15)20-11-12-21-18-10-6-8-16(14-18)19(2,3)4/h6,8,10,14-15,17,20H,5,7,9,11-13H2,1-4H3. The van der Waals surface area contributed by atoms with Crippen molar-refractivity contribution >= 4 is 0 Å². The van der Waals surface area contributed by atoms with Crippen LogP contribution in [0.5, 0.6) is 5.75 Å².